The summed E-state index contributed by atoms with van der Waals surface area (Å²) in [5.41, 5.74) is 1.10. The van der Waals surface area contributed by atoms with Gasteiger partial charge in [-0.2, -0.15) is 0 Å². The van der Waals surface area contributed by atoms with Gasteiger partial charge in [-0.3, -0.25) is 4.79 Å². The lowest BCUT2D eigenvalue weighted by atomic mass is 9.94. The van der Waals surface area contributed by atoms with Crippen LogP contribution in [0.5, 0.6) is 0 Å². The molecule has 1 saturated heterocycles. The van der Waals surface area contributed by atoms with Gasteiger partial charge in [0, 0.05) is 13.1 Å². The number of nitrogens with zero attached hydrogens (tertiary/aromatic N) is 1. The first-order valence-corrected chi connectivity index (χ1v) is 7.82. The van der Waals surface area contributed by atoms with Crippen molar-refractivity contribution in [1.29, 1.82) is 0 Å². The van der Waals surface area contributed by atoms with Crippen LogP contribution in [0, 0.1) is 0 Å². The Morgan fingerprint density at radius 2 is 2.00 bits per heavy atom. The summed E-state index contributed by atoms with van der Waals surface area (Å²) in [7, 11) is 0. The number of hydrogen-bond donors (Lipinski definition) is 1. The number of likely N-dealkylation sites (tertiary alicyclic amines) is 1. The van der Waals surface area contributed by atoms with E-state index in [0.717, 1.165) is 37.9 Å². The number of hydrogen-bond acceptors (Lipinski definition) is 3. The second kappa shape index (κ2) is 8.15. The smallest absolute Gasteiger partial charge is 0.230 e. The van der Waals surface area contributed by atoms with E-state index in [0.29, 0.717) is 6.61 Å². The Labute approximate surface area is 126 Å². The molecular formula is C17H25NO3. The Balaban J connectivity index is 1.91. The van der Waals surface area contributed by atoms with Gasteiger partial charge >= 0.3 is 0 Å². The molecule has 0 saturated carbocycles. The fourth-order valence-electron chi connectivity index (χ4n) is 2.92. The van der Waals surface area contributed by atoms with E-state index in [1.165, 1.54) is 0 Å². The molecule has 2 rings (SSSR count). The number of piperidine rings is 1. The molecule has 116 valence electrons. The van der Waals surface area contributed by atoms with Gasteiger partial charge in [-0.25, -0.2) is 0 Å². The van der Waals surface area contributed by atoms with Gasteiger partial charge in [0.1, 0.15) is 0 Å². The molecule has 1 fully saturated rings. The summed E-state index contributed by atoms with van der Waals surface area (Å²) < 4.78 is 5.54. The van der Waals surface area contributed by atoms with Gasteiger partial charge < -0.3 is 14.7 Å². The van der Waals surface area contributed by atoms with E-state index < -0.39 is 0 Å². The van der Waals surface area contributed by atoms with Crippen molar-refractivity contribution < 1.29 is 14.6 Å². The highest BCUT2D eigenvalue weighted by molar-refractivity contribution is 5.83. The lowest BCUT2D eigenvalue weighted by molar-refractivity contribution is -0.135. The molecule has 1 aromatic carbocycles. The number of rotatable bonds is 6. The van der Waals surface area contributed by atoms with Crippen LogP contribution in [0.1, 0.15) is 37.7 Å². The molecule has 4 heteroatoms. The van der Waals surface area contributed by atoms with Crippen LogP contribution in [-0.4, -0.2) is 48.3 Å². The first-order chi connectivity index (χ1) is 10.3. The van der Waals surface area contributed by atoms with E-state index in [-0.39, 0.29) is 24.5 Å². The van der Waals surface area contributed by atoms with E-state index in [2.05, 4.69) is 6.92 Å². The lowest BCUT2D eigenvalue weighted by Crippen LogP contribution is -2.43. The van der Waals surface area contributed by atoms with Crippen molar-refractivity contribution in [3.63, 3.8) is 0 Å². The third kappa shape index (κ3) is 4.29. The standard InChI is InChI=1S/C17H25NO3/c1-2-16(14-6-4-3-5-7-14)17(20)18-10-8-15(9-11-18)21-13-12-19/h3-7,15-16,19H,2,8-13H2,1H3. The minimum atomic E-state index is -0.0406. The molecule has 4 nitrogen and oxygen atoms in total. The zero-order valence-corrected chi connectivity index (χ0v) is 12.7. The van der Waals surface area contributed by atoms with E-state index >= 15 is 0 Å². The van der Waals surface area contributed by atoms with E-state index in [9.17, 15) is 4.79 Å². The minimum Gasteiger partial charge on any atom is -0.394 e. The van der Waals surface area contributed by atoms with Crippen molar-refractivity contribution in [2.45, 2.75) is 38.2 Å². The molecule has 21 heavy (non-hydrogen) atoms. The molecule has 1 N–H and O–H groups in total. The van der Waals surface area contributed by atoms with Crippen LogP contribution in [0.2, 0.25) is 0 Å². The predicted octanol–water partition coefficient (Wildman–Crippen LogP) is 2.18. The maximum absolute atomic E-state index is 12.7. The molecule has 1 aromatic rings. The zero-order chi connectivity index (χ0) is 15.1. The van der Waals surface area contributed by atoms with Crippen molar-refractivity contribution in [2.75, 3.05) is 26.3 Å². The first kappa shape index (κ1) is 16.0. The molecular weight excluding hydrogens is 266 g/mol. The summed E-state index contributed by atoms with van der Waals surface area (Å²) in [5, 5.41) is 8.78. The SMILES string of the molecule is CCC(C(=O)N1CCC(OCCO)CC1)c1ccccc1. The molecule has 1 atom stereocenters. The number of carbonyl (C=O) groups excluding carboxylic acids is 1. The second-order valence-corrected chi connectivity index (χ2v) is 5.49. The van der Waals surface area contributed by atoms with Gasteiger partial charge in [-0.05, 0) is 24.8 Å². The van der Waals surface area contributed by atoms with Crippen LogP contribution >= 0.6 is 0 Å². The number of amides is 1. The fraction of sp³-hybridized carbons (Fsp3) is 0.588. The van der Waals surface area contributed by atoms with Crippen molar-refractivity contribution in [1.82, 2.24) is 4.90 Å². The molecule has 0 spiro atoms. The Kier molecular flexibility index (Phi) is 6.21. The van der Waals surface area contributed by atoms with Crippen LogP contribution in [0.4, 0.5) is 0 Å². The van der Waals surface area contributed by atoms with Gasteiger partial charge in [-0.1, -0.05) is 37.3 Å². The summed E-state index contributed by atoms with van der Waals surface area (Å²) in [4.78, 5) is 14.7. The minimum absolute atomic E-state index is 0.0406. The van der Waals surface area contributed by atoms with Crippen molar-refractivity contribution >= 4 is 5.91 Å². The Hall–Kier alpha value is -1.39. The third-order valence-electron chi connectivity index (χ3n) is 4.11. The normalized spacial score (nSPS) is 17.7. The summed E-state index contributed by atoms with van der Waals surface area (Å²) >= 11 is 0. The average Bonchev–Trinajstić information content (AvgIpc) is 2.55. The number of aliphatic hydroxyl groups excluding tert-OH is 1. The zero-order valence-electron chi connectivity index (χ0n) is 12.7. The van der Waals surface area contributed by atoms with Crippen molar-refractivity contribution in [2.24, 2.45) is 0 Å². The topological polar surface area (TPSA) is 49.8 Å². The largest absolute Gasteiger partial charge is 0.394 e. The van der Waals surface area contributed by atoms with Gasteiger partial charge in [0.25, 0.3) is 0 Å². The molecule has 0 aromatic heterocycles. The summed E-state index contributed by atoms with van der Waals surface area (Å²) in [5.74, 6) is 0.186. The van der Waals surface area contributed by atoms with Crippen molar-refractivity contribution in [3.05, 3.63) is 35.9 Å². The molecule has 0 radical (unpaired) electrons. The second-order valence-electron chi connectivity index (χ2n) is 5.49. The highest BCUT2D eigenvalue weighted by atomic mass is 16.5. The molecule has 1 unspecified atom stereocenters. The van der Waals surface area contributed by atoms with Gasteiger partial charge in [-0.15, -0.1) is 0 Å². The first-order valence-electron chi connectivity index (χ1n) is 7.82. The van der Waals surface area contributed by atoms with Gasteiger partial charge in [0.15, 0.2) is 0 Å². The van der Waals surface area contributed by atoms with Crippen LogP contribution in [0.3, 0.4) is 0 Å². The van der Waals surface area contributed by atoms with Crippen LogP contribution in [0.15, 0.2) is 30.3 Å². The van der Waals surface area contributed by atoms with Gasteiger partial charge in [0.2, 0.25) is 5.91 Å². The Morgan fingerprint density at radius 1 is 1.33 bits per heavy atom. The predicted molar refractivity (Wildman–Crippen MR) is 82.1 cm³/mol. The highest BCUT2D eigenvalue weighted by Crippen LogP contribution is 2.24. The Morgan fingerprint density at radius 3 is 2.57 bits per heavy atom. The maximum Gasteiger partial charge on any atom is 0.230 e. The van der Waals surface area contributed by atoms with Crippen LogP contribution < -0.4 is 0 Å². The summed E-state index contributed by atoms with van der Waals surface area (Å²) in [6.45, 7) is 4.01. The van der Waals surface area contributed by atoms with Crippen LogP contribution in [0.25, 0.3) is 0 Å². The van der Waals surface area contributed by atoms with E-state index in [1.807, 2.05) is 35.2 Å². The molecule has 1 aliphatic heterocycles. The quantitative estimate of drug-likeness (QED) is 0.874. The van der Waals surface area contributed by atoms with E-state index in [1.54, 1.807) is 0 Å². The average molecular weight is 291 g/mol. The van der Waals surface area contributed by atoms with Gasteiger partial charge in [0.05, 0.1) is 25.2 Å². The monoisotopic (exact) mass is 291 g/mol. The Bertz CT molecular complexity index is 427. The molecule has 0 bridgehead atoms. The summed E-state index contributed by atoms with van der Waals surface area (Å²) in [6, 6.07) is 10.0. The molecule has 1 heterocycles. The number of carbonyl (C=O) groups is 1. The molecule has 1 amide bonds. The molecule has 1 aliphatic rings. The summed E-state index contributed by atoms with van der Waals surface area (Å²) in [6.07, 6.45) is 2.72. The number of aliphatic hydroxyl groups is 1. The number of ether oxygens (including phenoxy) is 1. The lowest BCUT2D eigenvalue weighted by Gasteiger charge is -2.34. The number of benzene rings is 1. The third-order valence-corrected chi connectivity index (χ3v) is 4.11. The van der Waals surface area contributed by atoms with Crippen molar-refractivity contribution in [3.8, 4) is 0 Å². The van der Waals surface area contributed by atoms with Crippen LogP contribution in [-0.2, 0) is 9.53 Å². The highest BCUT2D eigenvalue weighted by Gasteiger charge is 2.28. The fourth-order valence-corrected chi connectivity index (χ4v) is 2.92. The maximum atomic E-state index is 12.7. The molecule has 0 aliphatic carbocycles. The van der Waals surface area contributed by atoms with E-state index in [4.69, 9.17) is 9.84 Å².